The summed E-state index contributed by atoms with van der Waals surface area (Å²) in [6.45, 7) is 5.12. The zero-order valence-corrected chi connectivity index (χ0v) is 9.57. The van der Waals surface area contributed by atoms with E-state index < -0.39 is 10.4 Å². The van der Waals surface area contributed by atoms with Gasteiger partial charge in [-0.1, -0.05) is 5.23 Å². The van der Waals surface area contributed by atoms with E-state index in [2.05, 4.69) is 4.18 Å². The molecule has 0 aromatic rings. The maximum absolute atomic E-state index is 9.33. The molecule has 0 spiro atoms. The molecule has 0 aromatic heterocycles. The van der Waals surface area contributed by atoms with E-state index in [0.717, 1.165) is 7.11 Å². The van der Waals surface area contributed by atoms with E-state index in [0.29, 0.717) is 13.2 Å². The van der Waals surface area contributed by atoms with Crippen molar-refractivity contribution in [3.8, 4) is 0 Å². The Bertz CT molecular complexity index is 198. The van der Waals surface area contributed by atoms with Gasteiger partial charge in [-0.25, -0.2) is 0 Å². The topological polar surface area (TPSA) is 85.3 Å². The lowest BCUT2D eigenvalue weighted by atomic mass is 10.9. The summed E-state index contributed by atoms with van der Waals surface area (Å²) in [6.07, 6.45) is 0. The molecule has 0 saturated carbocycles. The molecule has 0 heterocycles. The van der Waals surface area contributed by atoms with Crippen molar-refractivity contribution >= 4 is 10.4 Å². The van der Waals surface area contributed by atoms with Gasteiger partial charge in [0.2, 0.25) is 0 Å². The van der Waals surface area contributed by atoms with E-state index in [-0.39, 0.29) is 0 Å². The van der Waals surface area contributed by atoms with Gasteiger partial charge in [0.15, 0.2) is 0 Å². The Hall–Kier alpha value is -0.250. The van der Waals surface area contributed by atoms with Gasteiger partial charge in [-0.05, 0) is 13.8 Å². The van der Waals surface area contributed by atoms with Crippen LogP contribution in [0, 0.1) is 0 Å². The van der Waals surface area contributed by atoms with Gasteiger partial charge in [-0.2, -0.15) is 8.42 Å². The normalized spacial score (nSPS) is 11.0. The fraction of sp³-hybridized carbons (Fsp3) is 1.00. The van der Waals surface area contributed by atoms with Crippen molar-refractivity contribution in [2.45, 2.75) is 13.8 Å². The minimum Gasteiger partial charge on any atom is -0.275 e. The fourth-order valence-corrected chi connectivity index (χ4v) is 0.401. The second-order valence-corrected chi connectivity index (χ2v) is 3.06. The molecule has 88 valence electrons. The van der Waals surface area contributed by atoms with E-state index in [1.165, 1.54) is 5.23 Å². The molecule has 0 saturated heterocycles. The van der Waals surface area contributed by atoms with Crippen LogP contribution in [-0.4, -0.2) is 45.6 Å². The smallest absolute Gasteiger partial charge is 0.275 e. The van der Waals surface area contributed by atoms with Gasteiger partial charge in [0.05, 0.1) is 20.3 Å². The molecule has 0 bridgehead atoms. The number of hydrogen-bond acceptors (Lipinski definition) is 6. The van der Waals surface area contributed by atoms with Crippen LogP contribution in [0.5, 0.6) is 0 Å². The zero-order chi connectivity index (χ0) is 11.6. The lowest BCUT2D eigenvalue weighted by molar-refractivity contribution is -0.349. The van der Waals surface area contributed by atoms with Gasteiger partial charge in [0.25, 0.3) is 0 Å². The first-order chi connectivity index (χ1) is 6.37. The Morgan fingerprint density at radius 1 is 1.21 bits per heavy atom. The average molecular weight is 231 g/mol. The Balaban J connectivity index is 0. The summed E-state index contributed by atoms with van der Waals surface area (Å²) >= 11 is 0. The van der Waals surface area contributed by atoms with Crippen LogP contribution >= 0.6 is 0 Å². The van der Waals surface area contributed by atoms with Crippen LogP contribution in [0.1, 0.15) is 13.8 Å². The molecule has 0 aliphatic heterocycles. The first kappa shape index (κ1) is 16.2. The standard InChI is InChI=1S/C5H13NO2.CH4O4S/c1-4-7-6(3)8-5-2;1-5-6(2,3)4/h4-5H2,1-3H3;1H3,(H,2,3,4). The van der Waals surface area contributed by atoms with E-state index in [1.54, 1.807) is 7.05 Å². The first-order valence-corrected chi connectivity index (χ1v) is 5.26. The number of rotatable bonds is 5. The van der Waals surface area contributed by atoms with Crippen LogP contribution in [0.4, 0.5) is 0 Å². The molecular weight excluding hydrogens is 214 g/mol. The quantitative estimate of drug-likeness (QED) is 0.536. The Morgan fingerprint density at radius 2 is 1.50 bits per heavy atom. The van der Waals surface area contributed by atoms with Crippen LogP contribution in [0.2, 0.25) is 0 Å². The number of hydrogen-bond donors (Lipinski definition) is 1. The summed E-state index contributed by atoms with van der Waals surface area (Å²) in [5, 5.41) is 1.36. The maximum Gasteiger partial charge on any atom is 0.397 e. The van der Waals surface area contributed by atoms with Crippen molar-refractivity contribution in [1.29, 1.82) is 0 Å². The van der Waals surface area contributed by atoms with E-state index >= 15 is 0 Å². The average Bonchev–Trinajstić information content (AvgIpc) is 2.05. The summed E-state index contributed by atoms with van der Waals surface area (Å²) in [7, 11) is -1.56. The highest BCUT2D eigenvalue weighted by atomic mass is 32.3. The lowest BCUT2D eigenvalue weighted by Crippen LogP contribution is -2.18. The monoisotopic (exact) mass is 231 g/mol. The molecule has 0 fully saturated rings. The van der Waals surface area contributed by atoms with Gasteiger partial charge in [-0.15, -0.1) is 0 Å². The summed E-state index contributed by atoms with van der Waals surface area (Å²) in [6, 6.07) is 0. The van der Waals surface area contributed by atoms with Crippen molar-refractivity contribution in [1.82, 2.24) is 5.23 Å². The highest BCUT2D eigenvalue weighted by molar-refractivity contribution is 7.80. The van der Waals surface area contributed by atoms with Gasteiger partial charge in [0.1, 0.15) is 0 Å². The van der Waals surface area contributed by atoms with Gasteiger partial charge in [-0.3, -0.25) is 18.4 Å². The molecule has 0 atom stereocenters. The van der Waals surface area contributed by atoms with E-state index in [9.17, 15) is 8.42 Å². The minimum absolute atomic E-state index is 0.649. The lowest BCUT2D eigenvalue weighted by Gasteiger charge is -2.12. The molecular formula is C6H17NO6S. The predicted molar refractivity (Wildman–Crippen MR) is 49.6 cm³/mol. The Morgan fingerprint density at radius 3 is 1.64 bits per heavy atom. The van der Waals surface area contributed by atoms with Crippen LogP contribution in [0.15, 0.2) is 0 Å². The SMILES string of the molecule is CCON(C)OCC.COS(=O)(=O)O. The largest absolute Gasteiger partial charge is 0.397 e. The second kappa shape index (κ2) is 9.31. The van der Waals surface area contributed by atoms with Crippen LogP contribution in [-0.2, 0) is 24.3 Å². The van der Waals surface area contributed by atoms with Gasteiger partial charge >= 0.3 is 10.4 Å². The molecule has 0 aliphatic rings. The molecule has 0 aromatic carbocycles. The van der Waals surface area contributed by atoms with Crippen molar-refractivity contribution < 1.29 is 26.8 Å². The highest BCUT2D eigenvalue weighted by Gasteiger charge is 1.94. The highest BCUT2D eigenvalue weighted by Crippen LogP contribution is 1.84. The maximum atomic E-state index is 9.33. The van der Waals surface area contributed by atoms with Crippen molar-refractivity contribution in [2.75, 3.05) is 27.4 Å². The molecule has 14 heavy (non-hydrogen) atoms. The molecule has 0 unspecified atom stereocenters. The molecule has 0 rings (SSSR count). The summed E-state index contributed by atoms with van der Waals surface area (Å²) in [4.78, 5) is 9.79. The third-order valence-corrected chi connectivity index (χ3v) is 1.25. The van der Waals surface area contributed by atoms with Crippen LogP contribution in [0.25, 0.3) is 0 Å². The third-order valence-electron chi connectivity index (χ3n) is 0.832. The zero-order valence-electron chi connectivity index (χ0n) is 8.76. The summed E-state index contributed by atoms with van der Waals surface area (Å²) in [5.41, 5.74) is 0. The molecule has 0 amide bonds. The molecule has 0 radical (unpaired) electrons. The third kappa shape index (κ3) is 17.7. The Kier molecular flexibility index (Phi) is 10.8. The molecule has 7 nitrogen and oxygen atoms in total. The van der Waals surface area contributed by atoms with Crippen molar-refractivity contribution in [3.63, 3.8) is 0 Å². The van der Waals surface area contributed by atoms with E-state index in [4.69, 9.17) is 14.2 Å². The molecule has 8 heteroatoms. The van der Waals surface area contributed by atoms with Crippen LogP contribution < -0.4 is 0 Å². The predicted octanol–water partition coefficient (Wildman–Crippen LogP) is 0.257. The molecule has 1 N–H and O–H groups in total. The second-order valence-electron chi connectivity index (χ2n) is 1.87. The number of nitrogens with zero attached hydrogens (tertiary/aromatic N) is 1. The van der Waals surface area contributed by atoms with Gasteiger partial charge in [0, 0.05) is 7.05 Å². The fourth-order valence-electron chi connectivity index (χ4n) is 0.401. The van der Waals surface area contributed by atoms with E-state index in [1.807, 2.05) is 13.8 Å². The minimum atomic E-state index is -4.16. The van der Waals surface area contributed by atoms with Crippen molar-refractivity contribution in [3.05, 3.63) is 0 Å². The van der Waals surface area contributed by atoms with Crippen LogP contribution in [0.3, 0.4) is 0 Å². The summed E-state index contributed by atoms with van der Waals surface area (Å²) in [5.74, 6) is 0. The Labute approximate surface area is 84.4 Å². The summed E-state index contributed by atoms with van der Waals surface area (Å²) < 4.78 is 29.7. The molecule has 0 aliphatic carbocycles. The number of hydroxylamine groups is 2. The van der Waals surface area contributed by atoms with Gasteiger partial charge < -0.3 is 0 Å². The van der Waals surface area contributed by atoms with Crippen molar-refractivity contribution in [2.24, 2.45) is 0 Å². The first-order valence-electron chi connectivity index (χ1n) is 3.89.